The Balaban J connectivity index is 1.02. The van der Waals surface area contributed by atoms with Crippen molar-refractivity contribution >= 4 is 43.9 Å². The maximum absolute atomic E-state index is 5.31. The second kappa shape index (κ2) is 14.7. The van der Waals surface area contributed by atoms with Crippen LogP contribution in [0.5, 0.6) is 0 Å². The summed E-state index contributed by atoms with van der Waals surface area (Å²) in [5.41, 5.74) is 15.5. The molecule has 12 rings (SSSR count). The SMILES string of the molecule is c1ccc(-c2cc(-c3ccccc3)nc(-n3c4ccc(-c5ccc6c(c5)c5cccnc5n6-c5cc(-c6ccccc6)cc(-c6ccccc6)n5)cc4c4ncccc43)c2)cc1. The predicted octanol–water partition coefficient (Wildman–Crippen LogP) is 13.8. The van der Waals surface area contributed by atoms with Crippen molar-refractivity contribution in [1.82, 2.24) is 29.1 Å². The molecule has 0 atom stereocenters. The van der Waals surface area contributed by atoms with Gasteiger partial charge < -0.3 is 0 Å². The van der Waals surface area contributed by atoms with Gasteiger partial charge in [0.2, 0.25) is 0 Å². The molecule has 0 unspecified atom stereocenters. The average Bonchev–Trinajstić information content (AvgIpc) is 3.87. The zero-order valence-electron chi connectivity index (χ0n) is 33.5. The summed E-state index contributed by atoms with van der Waals surface area (Å²) in [6.45, 7) is 0. The molecular formula is C56H36N6. The first kappa shape index (κ1) is 35.5. The maximum Gasteiger partial charge on any atom is 0.146 e. The van der Waals surface area contributed by atoms with E-state index in [9.17, 15) is 0 Å². The summed E-state index contributed by atoms with van der Waals surface area (Å²) in [5, 5.41) is 3.23. The molecule has 0 saturated heterocycles. The van der Waals surface area contributed by atoms with E-state index in [1.807, 2.05) is 42.7 Å². The first-order chi connectivity index (χ1) is 30.7. The fourth-order valence-corrected chi connectivity index (χ4v) is 8.89. The van der Waals surface area contributed by atoms with Crippen LogP contribution in [0.1, 0.15) is 0 Å². The Morgan fingerprint density at radius 3 is 1.35 bits per heavy atom. The van der Waals surface area contributed by atoms with Gasteiger partial charge in [0, 0.05) is 39.7 Å². The molecule has 6 heteroatoms. The number of rotatable bonds is 7. The van der Waals surface area contributed by atoms with Gasteiger partial charge in [0.25, 0.3) is 0 Å². The van der Waals surface area contributed by atoms with Crippen LogP contribution in [0, 0.1) is 0 Å². The molecule has 0 fully saturated rings. The molecule has 12 aromatic rings. The Morgan fingerprint density at radius 2 is 0.774 bits per heavy atom. The van der Waals surface area contributed by atoms with Crippen LogP contribution >= 0.6 is 0 Å². The van der Waals surface area contributed by atoms with Crippen LogP contribution in [0.25, 0.3) is 111 Å². The molecule has 0 aliphatic heterocycles. The van der Waals surface area contributed by atoms with Gasteiger partial charge in [-0.1, -0.05) is 133 Å². The second-order valence-corrected chi connectivity index (χ2v) is 15.5. The Bertz CT molecular complexity index is 3260. The summed E-state index contributed by atoms with van der Waals surface area (Å²) in [5.74, 6) is 1.66. The van der Waals surface area contributed by atoms with E-state index in [-0.39, 0.29) is 0 Å². The molecule has 6 nitrogen and oxygen atoms in total. The van der Waals surface area contributed by atoms with Gasteiger partial charge in [-0.3, -0.25) is 14.1 Å². The Morgan fingerprint density at radius 1 is 0.290 bits per heavy atom. The van der Waals surface area contributed by atoms with Crippen molar-refractivity contribution in [2.75, 3.05) is 0 Å². The van der Waals surface area contributed by atoms with Gasteiger partial charge in [0.15, 0.2) is 0 Å². The third-order valence-corrected chi connectivity index (χ3v) is 11.8. The van der Waals surface area contributed by atoms with Gasteiger partial charge in [0.05, 0.1) is 33.5 Å². The first-order valence-corrected chi connectivity index (χ1v) is 20.8. The second-order valence-electron chi connectivity index (χ2n) is 15.5. The van der Waals surface area contributed by atoms with Crippen molar-refractivity contribution < 1.29 is 0 Å². The van der Waals surface area contributed by atoms with E-state index < -0.39 is 0 Å². The van der Waals surface area contributed by atoms with Gasteiger partial charge in [-0.25, -0.2) is 15.0 Å². The van der Waals surface area contributed by atoms with Crippen molar-refractivity contribution in [2.24, 2.45) is 0 Å². The summed E-state index contributed by atoms with van der Waals surface area (Å²) in [7, 11) is 0. The van der Waals surface area contributed by atoms with E-state index in [0.29, 0.717) is 0 Å². The number of aromatic nitrogens is 6. The Kier molecular flexibility index (Phi) is 8.38. The van der Waals surface area contributed by atoms with E-state index in [1.54, 1.807) is 0 Å². The zero-order valence-corrected chi connectivity index (χ0v) is 33.5. The third kappa shape index (κ3) is 6.04. The molecule has 0 N–H and O–H groups in total. The fourth-order valence-electron chi connectivity index (χ4n) is 8.89. The number of fused-ring (bicyclic) bond motifs is 6. The summed E-state index contributed by atoms with van der Waals surface area (Å²) >= 11 is 0. The minimum atomic E-state index is 0.817. The van der Waals surface area contributed by atoms with Crippen LogP contribution < -0.4 is 0 Å². The normalized spacial score (nSPS) is 11.5. The van der Waals surface area contributed by atoms with Gasteiger partial charge in [0.1, 0.15) is 17.3 Å². The predicted molar refractivity (Wildman–Crippen MR) is 253 cm³/mol. The van der Waals surface area contributed by atoms with Crippen LogP contribution in [0.2, 0.25) is 0 Å². The molecular weight excluding hydrogens is 757 g/mol. The molecule has 0 amide bonds. The van der Waals surface area contributed by atoms with Crippen molar-refractivity contribution in [3.8, 4) is 67.5 Å². The van der Waals surface area contributed by atoms with Crippen molar-refractivity contribution in [1.29, 1.82) is 0 Å². The smallest absolute Gasteiger partial charge is 0.146 e. The topological polar surface area (TPSA) is 61.4 Å². The largest absolute Gasteiger partial charge is 0.292 e. The molecule has 0 saturated carbocycles. The molecule has 6 aromatic carbocycles. The lowest BCUT2D eigenvalue weighted by molar-refractivity contribution is 1.06. The number of pyridine rings is 4. The van der Waals surface area contributed by atoms with Crippen molar-refractivity contribution in [3.63, 3.8) is 0 Å². The lowest BCUT2D eigenvalue weighted by Crippen LogP contribution is -2.01. The average molecular weight is 793 g/mol. The van der Waals surface area contributed by atoms with Crippen molar-refractivity contribution in [2.45, 2.75) is 0 Å². The van der Waals surface area contributed by atoms with Crippen LogP contribution in [-0.2, 0) is 0 Å². The van der Waals surface area contributed by atoms with E-state index in [1.165, 1.54) is 0 Å². The number of benzene rings is 6. The molecule has 0 spiro atoms. The van der Waals surface area contributed by atoms with Crippen LogP contribution in [-0.4, -0.2) is 29.1 Å². The van der Waals surface area contributed by atoms with Crippen LogP contribution in [0.3, 0.4) is 0 Å². The van der Waals surface area contributed by atoms with E-state index in [0.717, 1.165) is 111 Å². The molecule has 0 bridgehead atoms. The Hall–Kier alpha value is -8.48. The third-order valence-electron chi connectivity index (χ3n) is 11.8. The summed E-state index contributed by atoms with van der Waals surface area (Å²) in [6.07, 6.45) is 3.74. The van der Waals surface area contributed by atoms with Gasteiger partial charge >= 0.3 is 0 Å². The highest BCUT2D eigenvalue weighted by Gasteiger charge is 2.20. The number of nitrogens with zero attached hydrogens (tertiary/aromatic N) is 6. The van der Waals surface area contributed by atoms with E-state index >= 15 is 0 Å². The quantitative estimate of drug-likeness (QED) is 0.161. The molecule has 0 radical (unpaired) electrons. The maximum atomic E-state index is 5.31. The van der Waals surface area contributed by atoms with Gasteiger partial charge in [-0.2, -0.15) is 0 Å². The summed E-state index contributed by atoms with van der Waals surface area (Å²) < 4.78 is 4.46. The number of hydrogen-bond donors (Lipinski definition) is 0. The molecule has 0 aliphatic carbocycles. The van der Waals surface area contributed by atoms with E-state index in [4.69, 9.17) is 19.9 Å². The highest BCUT2D eigenvalue weighted by atomic mass is 15.1. The van der Waals surface area contributed by atoms with Gasteiger partial charge in [-0.15, -0.1) is 0 Å². The summed E-state index contributed by atoms with van der Waals surface area (Å²) in [6, 6.07) is 72.2. The molecule has 6 aromatic heterocycles. The minimum absolute atomic E-state index is 0.817. The summed E-state index contributed by atoms with van der Waals surface area (Å²) in [4.78, 5) is 20.5. The fraction of sp³-hybridized carbons (Fsp3) is 0. The van der Waals surface area contributed by atoms with Crippen molar-refractivity contribution in [3.05, 3.63) is 219 Å². The van der Waals surface area contributed by atoms with Crippen LogP contribution in [0.15, 0.2) is 219 Å². The highest BCUT2D eigenvalue weighted by Crippen LogP contribution is 2.39. The molecule has 62 heavy (non-hydrogen) atoms. The monoisotopic (exact) mass is 792 g/mol. The number of hydrogen-bond acceptors (Lipinski definition) is 4. The Labute approximate surface area is 357 Å². The molecule has 0 aliphatic rings. The molecule has 6 heterocycles. The lowest BCUT2D eigenvalue weighted by Gasteiger charge is -2.13. The first-order valence-electron chi connectivity index (χ1n) is 20.8. The zero-order chi connectivity index (χ0) is 41.0. The molecule has 290 valence electrons. The highest BCUT2D eigenvalue weighted by molar-refractivity contribution is 6.11. The standard InChI is InChI=1S/C56H36N6/c1-5-15-37(16-6-1)43-33-48(39-19-9-3-10-20-39)59-53(35-43)61-51-28-26-42(32-47(51)55-52(61)24-14-29-57-55)41-25-27-50-46(31-41)45-23-13-30-58-56(45)62(50)54-36-44(38-17-7-2-8-18-38)34-49(60-54)40-21-11-4-12-22-40/h1-36H. The lowest BCUT2D eigenvalue weighted by atomic mass is 10.0. The van der Waals surface area contributed by atoms with Crippen LogP contribution in [0.4, 0.5) is 0 Å². The minimum Gasteiger partial charge on any atom is -0.292 e. The van der Waals surface area contributed by atoms with E-state index in [2.05, 4.69) is 185 Å². The van der Waals surface area contributed by atoms with Gasteiger partial charge in [-0.05, 0) is 106 Å².